The third kappa shape index (κ3) is 8.06. The van der Waals surface area contributed by atoms with Crippen LogP contribution in [0.25, 0.3) is 22.3 Å². The molecule has 0 aliphatic heterocycles. The topological polar surface area (TPSA) is 0 Å². The molecule has 0 fully saturated rings. The zero-order valence-corrected chi connectivity index (χ0v) is 34.4. The summed E-state index contributed by atoms with van der Waals surface area (Å²) < 4.78 is 2.21. The number of benzene rings is 3. The van der Waals surface area contributed by atoms with Crippen molar-refractivity contribution in [2.45, 2.75) is 106 Å². The Morgan fingerprint density at radius 3 is 1.77 bits per heavy atom. The van der Waals surface area contributed by atoms with Gasteiger partial charge in [0, 0.05) is 5.41 Å². The van der Waals surface area contributed by atoms with Crippen molar-refractivity contribution in [3.05, 3.63) is 128 Å². The van der Waals surface area contributed by atoms with Gasteiger partial charge in [-0.25, -0.2) is 16.7 Å². The third-order valence-electron chi connectivity index (χ3n) is 9.91. The van der Waals surface area contributed by atoms with Crippen LogP contribution in [0, 0.1) is 18.1 Å². The molecule has 0 saturated heterocycles. The van der Waals surface area contributed by atoms with E-state index < -0.39 is 0 Å². The summed E-state index contributed by atoms with van der Waals surface area (Å²) in [4.78, 5) is 0. The van der Waals surface area contributed by atoms with E-state index >= 15 is 0 Å². The molecule has 4 aliphatic rings. The molecule has 4 aliphatic carbocycles. The van der Waals surface area contributed by atoms with Crippen molar-refractivity contribution in [3.63, 3.8) is 0 Å². The van der Waals surface area contributed by atoms with E-state index in [0.29, 0.717) is 5.92 Å². The summed E-state index contributed by atoms with van der Waals surface area (Å²) in [5.41, 5.74) is 20.3. The number of halogens is 2. The Balaban J connectivity index is 0.000000229. The van der Waals surface area contributed by atoms with Crippen molar-refractivity contribution in [1.29, 1.82) is 0 Å². The van der Waals surface area contributed by atoms with Crippen LogP contribution in [0.1, 0.15) is 128 Å². The average molecular weight is 741 g/mol. The largest absolute Gasteiger partial charge is 1.00 e. The molecule has 7 rings (SSSR count). The standard InChI is InChI=1S/C25H25.C11H14.C8H11.2ClH.Zr/c1-14-12-24(3,4)22-8-16-7-17-9-23-19(15(2)13-25(23,5)6)11-21(17)20(16)10-18(14)22;1-9-5-7-10(8-6-9)11(2,3)4;1-6-4-7(2)8(3)5-6;;;/h8-12H,7H2,1-6H3;1,5-8H,2-4H3;4,6H,1-3H3;2*1H;/q-1;;-1;;;+2/p-2. The van der Waals surface area contributed by atoms with Gasteiger partial charge in [0.15, 0.2) is 0 Å². The Morgan fingerprint density at radius 1 is 0.745 bits per heavy atom. The number of rotatable bonds is 1. The van der Waals surface area contributed by atoms with Crippen LogP contribution in [0.4, 0.5) is 0 Å². The van der Waals surface area contributed by atoms with Crippen molar-refractivity contribution >= 4 is 14.9 Å². The van der Waals surface area contributed by atoms with Gasteiger partial charge in [-0.1, -0.05) is 78.0 Å². The summed E-state index contributed by atoms with van der Waals surface area (Å²) in [7, 11) is 0. The van der Waals surface area contributed by atoms with E-state index in [2.05, 4.69) is 160 Å². The molecule has 3 aromatic carbocycles. The van der Waals surface area contributed by atoms with Crippen LogP contribution in [0.15, 0.2) is 71.8 Å². The van der Waals surface area contributed by atoms with Gasteiger partial charge in [-0.05, 0) is 58.4 Å². The minimum atomic E-state index is 0. The molecule has 0 N–H and O–H groups in total. The molecule has 0 aromatic heterocycles. The van der Waals surface area contributed by atoms with Crippen LogP contribution in [0.3, 0.4) is 0 Å². The first-order chi connectivity index (χ1) is 20.9. The number of allylic oxidation sites excluding steroid dienone is 8. The third-order valence-corrected chi connectivity index (χ3v) is 10.7. The monoisotopic (exact) mass is 738 g/mol. The molecular weight excluding hydrogens is 691 g/mol. The first-order valence-electron chi connectivity index (χ1n) is 16.5. The molecule has 0 bridgehead atoms. The molecule has 0 nitrogen and oxygen atoms in total. The Kier molecular flexibility index (Phi) is 12.1. The fraction of sp³-hybridized carbons (Fsp3) is 0.386. The first-order valence-corrected chi connectivity index (χ1v) is 17.9. The smallest absolute Gasteiger partial charge is 0.00873 e. The van der Waals surface area contributed by atoms with Crippen LogP contribution >= 0.6 is 0 Å². The summed E-state index contributed by atoms with van der Waals surface area (Å²) in [6, 6.07) is 18.6. The van der Waals surface area contributed by atoms with Gasteiger partial charge in [-0.3, -0.25) is 12.2 Å². The Bertz CT molecular complexity index is 1700. The molecule has 47 heavy (non-hydrogen) atoms. The Labute approximate surface area is 313 Å². The molecule has 1 unspecified atom stereocenters. The van der Waals surface area contributed by atoms with E-state index in [9.17, 15) is 0 Å². The second-order valence-corrected chi connectivity index (χ2v) is 16.3. The van der Waals surface area contributed by atoms with Gasteiger partial charge in [-0.2, -0.15) is 11.6 Å². The number of hydrogen-bond donors (Lipinski definition) is 0. The maximum Gasteiger partial charge on any atom is 0.00873 e. The average Bonchev–Trinajstić information content (AvgIpc) is 3.60. The maximum absolute atomic E-state index is 3.65. The zero-order valence-electron chi connectivity index (χ0n) is 30.4. The normalized spacial score (nSPS) is 18.6. The molecule has 3 heteroatoms. The zero-order chi connectivity index (χ0) is 33.1. The van der Waals surface area contributed by atoms with Gasteiger partial charge < -0.3 is 24.8 Å². The minimum absolute atomic E-state index is 0. The first kappa shape index (κ1) is 39.4. The van der Waals surface area contributed by atoms with Gasteiger partial charge >= 0.3 is 89.5 Å². The van der Waals surface area contributed by atoms with Crippen LogP contribution in [0.5, 0.6) is 0 Å². The molecule has 246 valence electrons. The molecule has 0 saturated carbocycles. The SMILES string of the molecule is CC(C)(C)c1ccc([CH]=[Zr+2])cc1.CC1=[C-]C(C)(C)c2cc3c(cc21)-c1cc2c(cc1C3)C(C)(C)C=C2C.CC1=[C-]C(C)C=C1C.[Cl-].[Cl-]. The van der Waals surface area contributed by atoms with Gasteiger partial charge in [0.1, 0.15) is 0 Å². The fourth-order valence-corrected chi connectivity index (χ4v) is 7.82. The van der Waals surface area contributed by atoms with E-state index in [-0.39, 0.29) is 41.1 Å². The van der Waals surface area contributed by atoms with Crippen LogP contribution in [-0.4, -0.2) is 3.71 Å². The molecule has 0 radical (unpaired) electrons. The van der Waals surface area contributed by atoms with E-state index in [1.165, 1.54) is 102 Å². The maximum atomic E-state index is 3.65. The molecule has 3 aromatic rings. The molecule has 0 spiro atoms. The van der Waals surface area contributed by atoms with Crippen molar-refractivity contribution in [1.82, 2.24) is 0 Å². The molecule has 0 amide bonds. The molecule has 1 atom stereocenters. The van der Waals surface area contributed by atoms with Crippen LogP contribution in [-0.2, 0) is 46.9 Å². The minimum Gasteiger partial charge on any atom is -1.00 e. The van der Waals surface area contributed by atoms with Crippen molar-refractivity contribution in [2.24, 2.45) is 5.92 Å². The van der Waals surface area contributed by atoms with E-state index in [1.807, 2.05) is 0 Å². The number of fused-ring (bicyclic) bond motifs is 5. The van der Waals surface area contributed by atoms with E-state index in [0.717, 1.165) is 6.42 Å². The predicted molar refractivity (Wildman–Crippen MR) is 192 cm³/mol. The number of hydrogen-bond acceptors (Lipinski definition) is 0. The van der Waals surface area contributed by atoms with Gasteiger partial charge in [0.2, 0.25) is 0 Å². The molecular formula is C44H50Cl2Zr-2. The Hall–Kier alpha value is -2.05. The van der Waals surface area contributed by atoms with Crippen LogP contribution in [0.2, 0.25) is 0 Å². The Morgan fingerprint density at radius 2 is 1.30 bits per heavy atom. The summed E-state index contributed by atoms with van der Waals surface area (Å²) >= 11 is 1.46. The van der Waals surface area contributed by atoms with E-state index in [4.69, 9.17) is 0 Å². The second-order valence-electron chi connectivity index (χ2n) is 15.6. The van der Waals surface area contributed by atoms with Crippen molar-refractivity contribution in [2.75, 3.05) is 0 Å². The van der Waals surface area contributed by atoms with Gasteiger partial charge in [-0.15, -0.1) is 18.6 Å². The summed E-state index contributed by atoms with van der Waals surface area (Å²) in [6.45, 7) is 26.8. The second kappa shape index (κ2) is 14.4. The van der Waals surface area contributed by atoms with Crippen molar-refractivity contribution in [3.8, 4) is 11.1 Å². The van der Waals surface area contributed by atoms with Gasteiger partial charge in [0.05, 0.1) is 0 Å². The quantitative estimate of drug-likeness (QED) is 0.228. The summed E-state index contributed by atoms with van der Waals surface area (Å²) in [5.74, 6) is 0.551. The summed E-state index contributed by atoms with van der Waals surface area (Å²) in [5, 5.41) is 0. The van der Waals surface area contributed by atoms with E-state index in [1.54, 1.807) is 0 Å². The fourth-order valence-electron chi connectivity index (χ4n) is 7.35. The molecule has 0 heterocycles. The summed E-state index contributed by atoms with van der Waals surface area (Å²) in [6.07, 6.45) is 12.7. The predicted octanol–water partition coefficient (Wildman–Crippen LogP) is 5.47. The van der Waals surface area contributed by atoms with Crippen LogP contribution < -0.4 is 24.8 Å². The van der Waals surface area contributed by atoms with Gasteiger partial charge in [0.25, 0.3) is 0 Å². The van der Waals surface area contributed by atoms with Crippen molar-refractivity contribution < 1.29 is 49.0 Å².